The maximum atomic E-state index is 12.5. The highest BCUT2D eigenvalue weighted by Gasteiger charge is 2.10. The van der Waals surface area contributed by atoms with E-state index in [0.29, 0.717) is 28.3 Å². The second kappa shape index (κ2) is 8.28. The zero-order valence-electron chi connectivity index (χ0n) is 15.5. The molecule has 146 valence electrons. The van der Waals surface area contributed by atoms with Crippen LogP contribution in [0.2, 0.25) is 5.02 Å². The van der Waals surface area contributed by atoms with Gasteiger partial charge in [0.2, 0.25) is 5.91 Å². The lowest BCUT2D eigenvalue weighted by Gasteiger charge is -2.10. The number of hydrogen-bond donors (Lipinski definition) is 1. The summed E-state index contributed by atoms with van der Waals surface area (Å²) in [6.07, 6.45) is 3.24. The van der Waals surface area contributed by atoms with E-state index in [0.717, 1.165) is 5.56 Å². The third kappa shape index (κ3) is 4.35. The maximum absolute atomic E-state index is 12.5. The van der Waals surface area contributed by atoms with Gasteiger partial charge >= 0.3 is 0 Å². The average Bonchev–Trinajstić information content (AvgIpc) is 3.14. The van der Waals surface area contributed by atoms with Crippen molar-refractivity contribution in [2.24, 2.45) is 0 Å². The number of para-hydroxylation sites is 1. The van der Waals surface area contributed by atoms with Gasteiger partial charge in [0.05, 0.1) is 30.0 Å². The Balaban J connectivity index is 1.42. The standard InChI is InChI=1S/C21H18ClN5O2/c22-16-5-3-4-15(12-16)13-27-19(8-10-24-27)25-20(28)9-11-26-14-23-18-7-2-1-6-17(18)21(26)29/h1-8,10,12,14H,9,11,13H2,(H,25,28). The molecule has 7 nitrogen and oxygen atoms in total. The van der Waals surface area contributed by atoms with E-state index >= 15 is 0 Å². The number of amides is 1. The SMILES string of the molecule is O=C(CCn1cnc2ccccc2c1=O)Nc1ccnn1Cc1cccc(Cl)c1. The van der Waals surface area contributed by atoms with Gasteiger partial charge < -0.3 is 5.32 Å². The highest BCUT2D eigenvalue weighted by Crippen LogP contribution is 2.14. The minimum absolute atomic E-state index is 0.141. The molecule has 2 aromatic heterocycles. The summed E-state index contributed by atoms with van der Waals surface area (Å²) >= 11 is 6.03. The lowest BCUT2D eigenvalue weighted by Crippen LogP contribution is -2.24. The van der Waals surface area contributed by atoms with Crippen LogP contribution in [0.4, 0.5) is 5.82 Å². The quantitative estimate of drug-likeness (QED) is 0.531. The van der Waals surface area contributed by atoms with E-state index in [2.05, 4.69) is 15.4 Å². The van der Waals surface area contributed by atoms with Crippen molar-refractivity contribution in [1.29, 1.82) is 0 Å². The predicted molar refractivity (Wildman–Crippen MR) is 112 cm³/mol. The summed E-state index contributed by atoms with van der Waals surface area (Å²) in [4.78, 5) is 29.2. The van der Waals surface area contributed by atoms with Crippen molar-refractivity contribution in [2.75, 3.05) is 5.32 Å². The summed E-state index contributed by atoms with van der Waals surface area (Å²) < 4.78 is 3.14. The molecule has 0 saturated carbocycles. The molecule has 0 fully saturated rings. The first-order valence-electron chi connectivity index (χ1n) is 9.10. The van der Waals surface area contributed by atoms with Crippen LogP contribution in [0.15, 0.2) is 71.9 Å². The first-order chi connectivity index (χ1) is 14.1. The van der Waals surface area contributed by atoms with Gasteiger partial charge in [0.15, 0.2) is 0 Å². The number of aryl methyl sites for hydroxylation is 1. The molecule has 0 atom stereocenters. The molecule has 8 heteroatoms. The topological polar surface area (TPSA) is 81.8 Å². The Morgan fingerprint density at radius 2 is 1.97 bits per heavy atom. The minimum Gasteiger partial charge on any atom is -0.311 e. The predicted octanol–water partition coefficient (Wildman–Crippen LogP) is 3.32. The van der Waals surface area contributed by atoms with E-state index in [9.17, 15) is 9.59 Å². The van der Waals surface area contributed by atoms with Crippen LogP contribution < -0.4 is 10.9 Å². The summed E-state index contributed by atoms with van der Waals surface area (Å²) in [6.45, 7) is 0.724. The fraction of sp³-hybridized carbons (Fsp3) is 0.143. The normalized spacial score (nSPS) is 10.9. The van der Waals surface area contributed by atoms with Gasteiger partial charge in [0, 0.05) is 24.1 Å². The number of nitrogens with one attached hydrogen (secondary N) is 1. The van der Waals surface area contributed by atoms with Crippen molar-refractivity contribution in [3.63, 3.8) is 0 Å². The van der Waals surface area contributed by atoms with Crippen LogP contribution in [0.25, 0.3) is 10.9 Å². The van der Waals surface area contributed by atoms with E-state index in [1.807, 2.05) is 24.3 Å². The van der Waals surface area contributed by atoms with Gasteiger partial charge in [-0.2, -0.15) is 5.10 Å². The van der Waals surface area contributed by atoms with E-state index in [1.54, 1.807) is 41.2 Å². The molecule has 0 saturated heterocycles. The number of rotatable bonds is 6. The van der Waals surface area contributed by atoms with E-state index in [-0.39, 0.29) is 24.4 Å². The molecule has 0 spiro atoms. The van der Waals surface area contributed by atoms with Gasteiger partial charge in [-0.1, -0.05) is 35.9 Å². The first-order valence-corrected chi connectivity index (χ1v) is 9.48. The maximum Gasteiger partial charge on any atom is 0.261 e. The molecule has 29 heavy (non-hydrogen) atoms. The molecule has 4 rings (SSSR count). The van der Waals surface area contributed by atoms with Gasteiger partial charge in [0.25, 0.3) is 5.56 Å². The Morgan fingerprint density at radius 3 is 2.83 bits per heavy atom. The summed E-state index contributed by atoms with van der Waals surface area (Å²) in [5, 5.41) is 8.28. The summed E-state index contributed by atoms with van der Waals surface area (Å²) in [5.74, 6) is 0.372. The Morgan fingerprint density at radius 1 is 1.10 bits per heavy atom. The van der Waals surface area contributed by atoms with Crippen LogP contribution in [0.3, 0.4) is 0 Å². The minimum atomic E-state index is -0.210. The van der Waals surface area contributed by atoms with E-state index in [1.165, 1.54) is 10.9 Å². The van der Waals surface area contributed by atoms with Crippen LogP contribution in [-0.4, -0.2) is 25.2 Å². The van der Waals surface area contributed by atoms with Crippen molar-refractivity contribution in [2.45, 2.75) is 19.5 Å². The monoisotopic (exact) mass is 407 g/mol. The fourth-order valence-electron chi connectivity index (χ4n) is 3.07. The van der Waals surface area contributed by atoms with Gasteiger partial charge in [-0.15, -0.1) is 0 Å². The molecule has 0 aliphatic rings. The van der Waals surface area contributed by atoms with Crippen molar-refractivity contribution in [3.05, 3.63) is 88.1 Å². The zero-order chi connectivity index (χ0) is 20.2. The van der Waals surface area contributed by atoms with E-state index < -0.39 is 0 Å². The highest BCUT2D eigenvalue weighted by atomic mass is 35.5. The van der Waals surface area contributed by atoms with E-state index in [4.69, 9.17) is 11.6 Å². The molecular weight excluding hydrogens is 390 g/mol. The molecule has 1 N–H and O–H groups in total. The van der Waals surface area contributed by atoms with Gasteiger partial charge in [-0.05, 0) is 29.8 Å². The average molecular weight is 408 g/mol. The van der Waals surface area contributed by atoms with Crippen LogP contribution >= 0.6 is 11.6 Å². The molecular formula is C21H18ClN5O2. The van der Waals surface area contributed by atoms with Crippen molar-refractivity contribution in [3.8, 4) is 0 Å². The third-order valence-corrected chi connectivity index (χ3v) is 4.75. The molecule has 0 bridgehead atoms. The van der Waals surface area contributed by atoms with Crippen molar-refractivity contribution < 1.29 is 4.79 Å². The van der Waals surface area contributed by atoms with Crippen LogP contribution in [0.1, 0.15) is 12.0 Å². The molecule has 0 aliphatic heterocycles. The van der Waals surface area contributed by atoms with Gasteiger partial charge in [-0.3, -0.25) is 14.2 Å². The third-order valence-electron chi connectivity index (χ3n) is 4.52. The number of anilines is 1. The summed E-state index contributed by atoms with van der Waals surface area (Å²) in [7, 11) is 0. The largest absolute Gasteiger partial charge is 0.311 e. The molecule has 0 unspecified atom stereocenters. The lowest BCUT2D eigenvalue weighted by atomic mass is 10.2. The molecule has 0 radical (unpaired) electrons. The zero-order valence-corrected chi connectivity index (χ0v) is 16.2. The second-order valence-corrected chi connectivity index (χ2v) is 7.00. The molecule has 1 amide bonds. The Kier molecular flexibility index (Phi) is 5.39. The highest BCUT2D eigenvalue weighted by molar-refractivity contribution is 6.30. The molecule has 2 heterocycles. The lowest BCUT2D eigenvalue weighted by molar-refractivity contribution is -0.116. The Labute approximate surface area is 171 Å². The number of nitrogens with zero attached hydrogens (tertiary/aromatic N) is 4. The second-order valence-electron chi connectivity index (χ2n) is 6.56. The smallest absolute Gasteiger partial charge is 0.261 e. The molecule has 0 aliphatic carbocycles. The number of benzene rings is 2. The number of halogens is 1. The fourth-order valence-corrected chi connectivity index (χ4v) is 3.28. The van der Waals surface area contributed by atoms with Gasteiger partial charge in [0.1, 0.15) is 5.82 Å². The summed E-state index contributed by atoms with van der Waals surface area (Å²) in [6, 6.07) is 16.3. The summed E-state index contributed by atoms with van der Waals surface area (Å²) in [5.41, 5.74) is 1.46. The van der Waals surface area contributed by atoms with Gasteiger partial charge in [-0.25, -0.2) is 9.67 Å². The number of carbonyl (C=O) groups excluding carboxylic acids is 1. The van der Waals surface area contributed by atoms with Crippen molar-refractivity contribution >= 4 is 34.2 Å². The number of carbonyl (C=O) groups is 1. The van der Waals surface area contributed by atoms with Crippen LogP contribution in [-0.2, 0) is 17.9 Å². The number of hydrogen-bond acceptors (Lipinski definition) is 4. The molecule has 4 aromatic rings. The number of aromatic nitrogens is 4. The Hall–Kier alpha value is -3.45. The Bertz CT molecular complexity index is 1230. The first kappa shape index (κ1) is 18.9. The molecule has 2 aromatic carbocycles. The van der Waals surface area contributed by atoms with Crippen molar-refractivity contribution in [1.82, 2.24) is 19.3 Å². The van der Waals surface area contributed by atoms with Crippen LogP contribution in [0.5, 0.6) is 0 Å². The van der Waals surface area contributed by atoms with Crippen LogP contribution in [0, 0.1) is 0 Å². The number of fused-ring (bicyclic) bond motifs is 1.